The number of nitrogens with zero attached hydrogens (tertiary/aromatic N) is 6. The molecule has 1 atom stereocenters. The fraction of sp³-hybridized carbons (Fsp3) is 0.412. The predicted molar refractivity (Wildman–Crippen MR) is 95.6 cm³/mol. The smallest absolute Gasteiger partial charge is 0.318 e. The third-order valence-corrected chi connectivity index (χ3v) is 3.82. The lowest BCUT2D eigenvalue weighted by atomic mass is 10.3. The molecule has 3 rings (SSSR count). The first-order valence-electron chi connectivity index (χ1n) is 8.71. The molecule has 0 saturated carbocycles. The van der Waals surface area contributed by atoms with Crippen LogP contribution in [-0.4, -0.2) is 49.9 Å². The van der Waals surface area contributed by atoms with Crippen LogP contribution in [0.15, 0.2) is 33.4 Å². The zero-order valence-corrected chi connectivity index (χ0v) is 15.8. The Morgan fingerprint density at radius 3 is 2.86 bits per heavy atom. The molecule has 0 aliphatic rings. The fourth-order valence-corrected chi connectivity index (χ4v) is 2.38. The van der Waals surface area contributed by atoms with Crippen LogP contribution in [0, 0.1) is 0 Å². The Kier molecular flexibility index (Phi) is 6.27. The van der Waals surface area contributed by atoms with E-state index < -0.39 is 6.04 Å². The van der Waals surface area contributed by atoms with Crippen molar-refractivity contribution in [3.63, 3.8) is 0 Å². The molecule has 11 heteroatoms. The summed E-state index contributed by atoms with van der Waals surface area (Å²) >= 11 is 0. The zero-order chi connectivity index (χ0) is 19.9. The van der Waals surface area contributed by atoms with Crippen molar-refractivity contribution in [3.05, 3.63) is 42.0 Å². The molecule has 1 N–H and O–H groups in total. The predicted octanol–water partition coefficient (Wildman–Crippen LogP) is 1.95. The molecule has 3 aromatic rings. The molecule has 0 saturated heterocycles. The van der Waals surface area contributed by atoms with Gasteiger partial charge in [0.1, 0.15) is 24.9 Å². The first-order valence-corrected chi connectivity index (χ1v) is 8.71. The van der Waals surface area contributed by atoms with Crippen LogP contribution in [0.1, 0.15) is 37.5 Å². The second kappa shape index (κ2) is 9.04. The Labute approximate surface area is 161 Å². The van der Waals surface area contributed by atoms with E-state index in [-0.39, 0.29) is 25.1 Å². The van der Waals surface area contributed by atoms with Crippen molar-refractivity contribution >= 4 is 6.03 Å². The summed E-state index contributed by atoms with van der Waals surface area (Å²) in [5.41, 5.74) is 0.592. The standard InChI is InChI=1S/C17H21N7O4/c1-4-24(9-14-20-13(10-26-3)22-27-14)17(25)19-11(2)16-21-15(23-28-16)12-7-5-6-8-18-12/h5-8,11H,4,9-10H2,1-3H3,(H,19,25)/t11-/m1/s1. The number of ether oxygens (including phenoxy) is 1. The number of amides is 2. The average molecular weight is 387 g/mol. The highest BCUT2D eigenvalue weighted by Crippen LogP contribution is 2.16. The lowest BCUT2D eigenvalue weighted by Gasteiger charge is -2.21. The van der Waals surface area contributed by atoms with Gasteiger partial charge < -0.3 is 24.0 Å². The minimum atomic E-state index is -0.488. The molecule has 11 nitrogen and oxygen atoms in total. The summed E-state index contributed by atoms with van der Waals surface area (Å²) in [6, 6.07) is 4.60. The fourth-order valence-electron chi connectivity index (χ4n) is 2.38. The maximum atomic E-state index is 12.6. The number of methoxy groups -OCH3 is 1. The molecule has 148 valence electrons. The molecule has 0 spiro atoms. The van der Waals surface area contributed by atoms with Gasteiger partial charge in [-0.05, 0) is 26.0 Å². The number of urea groups is 1. The summed E-state index contributed by atoms with van der Waals surface area (Å²) in [5.74, 6) is 1.40. The van der Waals surface area contributed by atoms with Crippen LogP contribution < -0.4 is 5.32 Å². The van der Waals surface area contributed by atoms with Gasteiger partial charge in [-0.3, -0.25) is 4.98 Å². The van der Waals surface area contributed by atoms with Crippen molar-refractivity contribution in [2.24, 2.45) is 0 Å². The van der Waals surface area contributed by atoms with Crippen molar-refractivity contribution in [1.82, 2.24) is 35.5 Å². The van der Waals surface area contributed by atoms with E-state index >= 15 is 0 Å². The summed E-state index contributed by atoms with van der Waals surface area (Å²) in [4.78, 5) is 26.7. The van der Waals surface area contributed by atoms with Gasteiger partial charge in [0.2, 0.25) is 17.6 Å². The third kappa shape index (κ3) is 4.68. The minimum absolute atomic E-state index is 0.175. The monoisotopic (exact) mass is 387 g/mol. The summed E-state index contributed by atoms with van der Waals surface area (Å²) in [6.45, 7) is 4.47. The highest BCUT2D eigenvalue weighted by molar-refractivity contribution is 5.74. The molecule has 0 aliphatic heterocycles. The number of hydrogen-bond acceptors (Lipinski definition) is 9. The van der Waals surface area contributed by atoms with E-state index in [1.165, 1.54) is 4.90 Å². The maximum absolute atomic E-state index is 12.6. The quantitative estimate of drug-likeness (QED) is 0.615. The Hall–Kier alpha value is -3.34. The molecule has 28 heavy (non-hydrogen) atoms. The molecule has 0 bridgehead atoms. The van der Waals surface area contributed by atoms with Crippen LogP contribution in [0.25, 0.3) is 11.5 Å². The Balaban J connectivity index is 1.61. The number of hydrogen-bond donors (Lipinski definition) is 1. The number of carbonyl (C=O) groups excluding carboxylic acids is 1. The molecule has 0 unspecified atom stereocenters. The summed E-state index contributed by atoms with van der Waals surface area (Å²) in [7, 11) is 1.54. The number of nitrogens with one attached hydrogen (secondary N) is 1. The molecular weight excluding hydrogens is 366 g/mol. The summed E-state index contributed by atoms with van der Waals surface area (Å²) < 4.78 is 15.3. The summed E-state index contributed by atoms with van der Waals surface area (Å²) in [6.07, 6.45) is 1.64. The largest absolute Gasteiger partial charge is 0.377 e. The van der Waals surface area contributed by atoms with Crippen molar-refractivity contribution < 1.29 is 18.6 Å². The second-order valence-corrected chi connectivity index (χ2v) is 5.89. The number of aromatic nitrogens is 5. The van der Waals surface area contributed by atoms with Gasteiger partial charge in [0.25, 0.3) is 0 Å². The van der Waals surface area contributed by atoms with Gasteiger partial charge in [0.15, 0.2) is 5.82 Å². The normalized spacial score (nSPS) is 12.0. The van der Waals surface area contributed by atoms with Crippen LogP contribution in [0.2, 0.25) is 0 Å². The number of rotatable bonds is 8. The van der Waals surface area contributed by atoms with Crippen molar-refractivity contribution in [2.75, 3.05) is 13.7 Å². The van der Waals surface area contributed by atoms with Crippen LogP contribution >= 0.6 is 0 Å². The van der Waals surface area contributed by atoms with Crippen molar-refractivity contribution in [1.29, 1.82) is 0 Å². The molecule has 0 aromatic carbocycles. The van der Waals surface area contributed by atoms with Crippen LogP contribution in [0.3, 0.4) is 0 Å². The average Bonchev–Trinajstić information content (AvgIpc) is 3.37. The Morgan fingerprint density at radius 1 is 1.29 bits per heavy atom. The SMILES string of the molecule is CCN(Cc1nc(COC)no1)C(=O)N[C@H](C)c1nc(-c2ccccn2)no1. The molecular formula is C17H21N7O4. The highest BCUT2D eigenvalue weighted by atomic mass is 16.5. The van der Waals surface area contributed by atoms with E-state index in [4.69, 9.17) is 13.8 Å². The van der Waals surface area contributed by atoms with Gasteiger partial charge in [0, 0.05) is 19.9 Å². The van der Waals surface area contributed by atoms with E-state index in [9.17, 15) is 4.79 Å². The van der Waals surface area contributed by atoms with Crippen molar-refractivity contribution in [3.8, 4) is 11.5 Å². The van der Waals surface area contributed by atoms with Gasteiger partial charge in [-0.1, -0.05) is 16.4 Å². The Morgan fingerprint density at radius 2 is 2.14 bits per heavy atom. The molecule has 0 fully saturated rings. The van der Waals surface area contributed by atoms with Crippen LogP contribution in [0.5, 0.6) is 0 Å². The lowest BCUT2D eigenvalue weighted by molar-refractivity contribution is 0.174. The van der Waals surface area contributed by atoms with E-state index in [2.05, 4.69) is 30.6 Å². The highest BCUT2D eigenvalue weighted by Gasteiger charge is 2.22. The maximum Gasteiger partial charge on any atom is 0.318 e. The third-order valence-electron chi connectivity index (χ3n) is 3.82. The first-order chi connectivity index (χ1) is 13.6. The summed E-state index contributed by atoms with van der Waals surface area (Å²) in [5, 5.41) is 10.5. The van der Waals surface area contributed by atoms with Gasteiger partial charge in [-0.15, -0.1) is 0 Å². The topological polar surface area (TPSA) is 132 Å². The molecule has 3 aromatic heterocycles. The Bertz CT molecular complexity index is 896. The molecule has 0 radical (unpaired) electrons. The van der Waals surface area contributed by atoms with Crippen LogP contribution in [0.4, 0.5) is 4.79 Å². The van der Waals surface area contributed by atoms with E-state index in [0.717, 1.165) is 0 Å². The molecule has 2 amide bonds. The minimum Gasteiger partial charge on any atom is -0.377 e. The number of carbonyl (C=O) groups is 1. The molecule has 0 aliphatic carbocycles. The van der Waals surface area contributed by atoms with Gasteiger partial charge >= 0.3 is 6.03 Å². The van der Waals surface area contributed by atoms with Gasteiger partial charge in [0.05, 0.1) is 0 Å². The van der Waals surface area contributed by atoms with E-state index in [1.54, 1.807) is 32.4 Å². The first kappa shape index (κ1) is 19.4. The molecule has 3 heterocycles. The number of pyridine rings is 1. The lowest BCUT2D eigenvalue weighted by Crippen LogP contribution is -2.40. The van der Waals surface area contributed by atoms with Crippen LogP contribution in [-0.2, 0) is 17.9 Å². The zero-order valence-electron chi connectivity index (χ0n) is 15.8. The van der Waals surface area contributed by atoms with Gasteiger partial charge in [-0.25, -0.2) is 4.79 Å². The van der Waals surface area contributed by atoms with E-state index in [1.807, 2.05) is 13.0 Å². The van der Waals surface area contributed by atoms with E-state index in [0.29, 0.717) is 29.8 Å². The van der Waals surface area contributed by atoms with Gasteiger partial charge in [-0.2, -0.15) is 9.97 Å². The van der Waals surface area contributed by atoms with Crippen molar-refractivity contribution in [2.45, 2.75) is 33.0 Å². The second-order valence-electron chi connectivity index (χ2n) is 5.89.